The summed E-state index contributed by atoms with van der Waals surface area (Å²) >= 11 is 0. The number of aromatic nitrogens is 2. The van der Waals surface area contributed by atoms with Crippen molar-refractivity contribution < 1.29 is 4.74 Å². The van der Waals surface area contributed by atoms with Gasteiger partial charge in [-0.2, -0.15) is 4.98 Å². The van der Waals surface area contributed by atoms with Crippen LogP contribution >= 0.6 is 0 Å². The minimum Gasteiger partial charge on any atom is -0.477 e. The molecule has 0 fully saturated rings. The molecule has 0 bridgehead atoms. The van der Waals surface area contributed by atoms with E-state index in [9.17, 15) is 0 Å². The van der Waals surface area contributed by atoms with Crippen LogP contribution in [0.15, 0.2) is 18.3 Å². The Bertz CT molecular complexity index is 377. The predicted octanol–water partition coefficient (Wildman–Crippen LogP) is 2.95. The highest BCUT2D eigenvalue weighted by molar-refractivity contribution is 5.32. The first-order valence-electron chi connectivity index (χ1n) is 5.98. The average Bonchev–Trinajstić information content (AvgIpc) is 2.29. The molecule has 1 heterocycles. The number of aryl methyl sites for hydroxylation is 1. The Morgan fingerprint density at radius 2 is 2.29 bits per heavy atom. The number of hydrogen-bond acceptors (Lipinski definition) is 4. The van der Waals surface area contributed by atoms with Crippen LogP contribution in [0.25, 0.3) is 0 Å². The van der Waals surface area contributed by atoms with E-state index >= 15 is 0 Å². The van der Waals surface area contributed by atoms with Crippen LogP contribution in [0.1, 0.15) is 32.3 Å². The molecule has 1 N–H and O–H groups in total. The van der Waals surface area contributed by atoms with E-state index in [0.717, 1.165) is 30.5 Å². The molecular weight excluding hydrogens is 214 g/mol. The zero-order valence-electron chi connectivity index (χ0n) is 10.9. The fraction of sp³-hybridized carbons (Fsp3) is 0.538. The molecule has 0 saturated carbocycles. The Labute approximate surface area is 103 Å². The van der Waals surface area contributed by atoms with Crippen LogP contribution < -0.4 is 10.1 Å². The van der Waals surface area contributed by atoms with Gasteiger partial charge < -0.3 is 10.1 Å². The van der Waals surface area contributed by atoms with Gasteiger partial charge in [0.05, 0.1) is 6.61 Å². The highest BCUT2D eigenvalue weighted by atomic mass is 16.5. The lowest BCUT2D eigenvalue weighted by molar-refractivity contribution is 0.307. The van der Waals surface area contributed by atoms with Crippen molar-refractivity contribution in [3.63, 3.8) is 0 Å². The Balaban J connectivity index is 2.59. The molecule has 0 atom stereocenters. The highest BCUT2D eigenvalue weighted by Gasteiger charge is 2.04. The van der Waals surface area contributed by atoms with Crippen molar-refractivity contribution >= 4 is 5.95 Å². The smallest absolute Gasteiger partial charge is 0.225 e. The quantitative estimate of drug-likeness (QED) is 0.738. The average molecular weight is 235 g/mol. The summed E-state index contributed by atoms with van der Waals surface area (Å²) in [5.41, 5.74) is 2.06. The zero-order chi connectivity index (χ0) is 12.7. The number of nitrogens with zero attached hydrogens (tertiary/aromatic N) is 2. The van der Waals surface area contributed by atoms with Gasteiger partial charge in [0.2, 0.25) is 11.8 Å². The molecule has 0 radical (unpaired) electrons. The molecule has 17 heavy (non-hydrogen) atoms. The third-order valence-corrected chi connectivity index (χ3v) is 2.23. The maximum Gasteiger partial charge on any atom is 0.225 e. The first-order chi connectivity index (χ1) is 8.13. The molecule has 0 amide bonds. The van der Waals surface area contributed by atoms with E-state index < -0.39 is 0 Å². The summed E-state index contributed by atoms with van der Waals surface area (Å²) in [6.45, 7) is 11.4. The summed E-state index contributed by atoms with van der Waals surface area (Å²) in [5.74, 6) is 1.28. The summed E-state index contributed by atoms with van der Waals surface area (Å²) in [6, 6.07) is 0. The largest absolute Gasteiger partial charge is 0.477 e. The Kier molecular flexibility index (Phi) is 5.46. The van der Waals surface area contributed by atoms with Gasteiger partial charge in [-0.25, -0.2) is 4.98 Å². The molecule has 0 unspecified atom stereocenters. The van der Waals surface area contributed by atoms with Gasteiger partial charge in [0.15, 0.2) is 0 Å². The molecular formula is C13H21N3O. The Hall–Kier alpha value is -1.58. The molecule has 4 nitrogen and oxygen atoms in total. The molecule has 0 aliphatic carbocycles. The topological polar surface area (TPSA) is 47.0 Å². The molecule has 0 aliphatic heterocycles. The lowest BCUT2D eigenvalue weighted by Crippen LogP contribution is -2.07. The fourth-order valence-corrected chi connectivity index (χ4v) is 1.22. The van der Waals surface area contributed by atoms with Crippen molar-refractivity contribution in [2.45, 2.75) is 33.6 Å². The number of nitrogens with one attached hydrogen (secondary N) is 1. The van der Waals surface area contributed by atoms with E-state index in [0.29, 0.717) is 18.4 Å². The molecule has 0 spiro atoms. The summed E-state index contributed by atoms with van der Waals surface area (Å²) in [5, 5.41) is 3.14. The van der Waals surface area contributed by atoms with Gasteiger partial charge >= 0.3 is 0 Å². The van der Waals surface area contributed by atoms with Crippen LogP contribution in [0.5, 0.6) is 5.88 Å². The number of anilines is 1. The maximum absolute atomic E-state index is 5.62. The van der Waals surface area contributed by atoms with Crippen LogP contribution in [-0.2, 0) is 0 Å². The summed E-state index contributed by atoms with van der Waals surface area (Å²) in [6.07, 6.45) is 3.67. The van der Waals surface area contributed by atoms with Gasteiger partial charge in [0.1, 0.15) is 0 Å². The SMILES string of the molecule is C=C(C)CCOc1nc(NCCC)ncc1C. The van der Waals surface area contributed by atoms with E-state index in [-0.39, 0.29) is 0 Å². The number of ether oxygens (including phenoxy) is 1. The molecule has 94 valence electrons. The van der Waals surface area contributed by atoms with Crippen molar-refractivity contribution in [1.29, 1.82) is 0 Å². The van der Waals surface area contributed by atoms with Crippen molar-refractivity contribution in [2.75, 3.05) is 18.5 Å². The second kappa shape index (κ2) is 6.89. The normalized spacial score (nSPS) is 10.1. The molecule has 1 aromatic rings. The molecule has 0 saturated heterocycles. The van der Waals surface area contributed by atoms with Crippen LogP contribution in [0, 0.1) is 6.92 Å². The first kappa shape index (κ1) is 13.5. The van der Waals surface area contributed by atoms with Crippen molar-refractivity contribution in [1.82, 2.24) is 9.97 Å². The second-order valence-electron chi connectivity index (χ2n) is 4.16. The fourth-order valence-electron chi connectivity index (χ4n) is 1.22. The highest BCUT2D eigenvalue weighted by Crippen LogP contribution is 2.15. The zero-order valence-corrected chi connectivity index (χ0v) is 10.9. The van der Waals surface area contributed by atoms with Crippen molar-refractivity contribution in [3.8, 4) is 5.88 Å². The van der Waals surface area contributed by atoms with Crippen LogP contribution in [0.2, 0.25) is 0 Å². The molecule has 1 rings (SSSR count). The van der Waals surface area contributed by atoms with E-state index in [4.69, 9.17) is 4.74 Å². The predicted molar refractivity (Wildman–Crippen MR) is 70.5 cm³/mol. The maximum atomic E-state index is 5.62. The first-order valence-corrected chi connectivity index (χ1v) is 5.98. The Morgan fingerprint density at radius 3 is 2.94 bits per heavy atom. The Morgan fingerprint density at radius 1 is 1.53 bits per heavy atom. The molecule has 4 heteroatoms. The van der Waals surface area contributed by atoms with E-state index in [1.807, 2.05) is 13.8 Å². The van der Waals surface area contributed by atoms with Crippen LogP contribution in [0.4, 0.5) is 5.95 Å². The molecule has 1 aromatic heterocycles. The van der Waals surface area contributed by atoms with E-state index in [1.165, 1.54) is 0 Å². The molecule has 0 aromatic carbocycles. The van der Waals surface area contributed by atoms with Crippen LogP contribution in [0.3, 0.4) is 0 Å². The lowest BCUT2D eigenvalue weighted by Gasteiger charge is -2.09. The van der Waals surface area contributed by atoms with E-state index in [1.54, 1.807) is 6.20 Å². The number of rotatable bonds is 7. The van der Waals surface area contributed by atoms with E-state index in [2.05, 4.69) is 28.8 Å². The second-order valence-corrected chi connectivity index (χ2v) is 4.16. The van der Waals surface area contributed by atoms with Gasteiger partial charge in [-0.15, -0.1) is 6.58 Å². The third kappa shape index (κ3) is 4.85. The van der Waals surface area contributed by atoms with Gasteiger partial charge in [0, 0.05) is 24.7 Å². The standard InChI is InChI=1S/C13H21N3O/c1-5-7-14-13-15-9-11(4)12(16-13)17-8-6-10(2)3/h9H,2,5-8H2,1,3-4H3,(H,14,15,16). The van der Waals surface area contributed by atoms with Gasteiger partial charge in [-0.3, -0.25) is 0 Å². The van der Waals surface area contributed by atoms with Crippen LogP contribution in [-0.4, -0.2) is 23.1 Å². The van der Waals surface area contributed by atoms with Crippen molar-refractivity contribution in [2.24, 2.45) is 0 Å². The van der Waals surface area contributed by atoms with Gasteiger partial charge in [-0.05, 0) is 20.3 Å². The molecule has 0 aliphatic rings. The monoisotopic (exact) mass is 235 g/mol. The summed E-state index contributed by atoms with van der Waals surface area (Å²) < 4.78 is 5.62. The third-order valence-electron chi connectivity index (χ3n) is 2.23. The summed E-state index contributed by atoms with van der Waals surface area (Å²) in [7, 11) is 0. The minimum atomic E-state index is 0.612. The summed E-state index contributed by atoms with van der Waals surface area (Å²) in [4.78, 5) is 8.53. The van der Waals surface area contributed by atoms with Gasteiger partial charge in [-0.1, -0.05) is 12.5 Å². The minimum absolute atomic E-state index is 0.612. The van der Waals surface area contributed by atoms with Gasteiger partial charge in [0.25, 0.3) is 0 Å². The lowest BCUT2D eigenvalue weighted by atomic mass is 10.3. The number of hydrogen-bond donors (Lipinski definition) is 1. The van der Waals surface area contributed by atoms with Crippen molar-refractivity contribution in [3.05, 3.63) is 23.9 Å².